The van der Waals surface area contributed by atoms with E-state index in [9.17, 15) is 14.9 Å². The number of esters is 1. The van der Waals surface area contributed by atoms with Crippen LogP contribution in [0.4, 0.5) is 5.69 Å². The van der Waals surface area contributed by atoms with E-state index in [2.05, 4.69) is 5.32 Å². The summed E-state index contributed by atoms with van der Waals surface area (Å²) < 4.78 is 5.31. The molecule has 0 aromatic heterocycles. The molecule has 3 aromatic carbocycles. The van der Waals surface area contributed by atoms with Crippen molar-refractivity contribution in [1.29, 1.82) is 5.26 Å². The molecule has 3 aromatic rings. The molecule has 6 heteroatoms. The SMILES string of the molecule is N#C/C(=C\c1ccc(OC(=O)c2cccc(Cl)c2)cc1)C(=O)Nc1ccccc1. The van der Waals surface area contributed by atoms with Gasteiger partial charge in [-0.2, -0.15) is 5.26 Å². The molecule has 0 radical (unpaired) electrons. The van der Waals surface area contributed by atoms with Crippen molar-refractivity contribution in [3.8, 4) is 11.8 Å². The third-order valence-corrected chi connectivity index (χ3v) is 4.09. The second-order valence-electron chi connectivity index (χ2n) is 5.96. The third-order valence-electron chi connectivity index (χ3n) is 3.86. The highest BCUT2D eigenvalue weighted by Gasteiger charge is 2.11. The van der Waals surface area contributed by atoms with Crippen molar-refractivity contribution in [2.45, 2.75) is 0 Å². The van der Waals surface area contributed by atoms with Gasteiger partial charge in [0.2, 0.25) is 0 Å². The molecule has 0 bridgehead atoms. The van der Waals surface area contributed by atoms with Gasteiger partial charge >= 0.3 is 5.97 Å². The molecule has 0 saturated heterocycles. The predicted octanol–water partition coefficient (Wildman–Crippen LogP) is 5.10. The molecule has 0 atom stereocenters. The van der Waals surface area contributed by atoms with E-state index in [1.54, 1.807) is 66.7 Å². The summed E-state index contributed by atoms with van der Waals surface area (Å²) in [5.74, 6) is -0.703. The number of nitriles is 1. The lowest BCUT2D eigenvalue weighted by Crippen LogP contribution is -2.13. The Balaban J connectivity index is 1.69. The largest absolute Gasteiger partial charge is 0.423 e. The van der Waals surface area contributed by atoms with E-state index in [0.717, 1.165) is 0 Å². The highest BCUT2D eigenvalue weighted by molar-refractivity contribution is 6.30. The van der Waals surface area contributed by atoms with Gasteiger partial charge in [-0.3, -0.25) is 4.79 Å². The minimum absolute atomic E-state index is 0.0440. The number of rotatable bonds is 5. The Kier molecular flexibility index (Phi) is 6.41. The molecular weight excluding hydrogens is 388 g/mol. The summed E-state index contributed by atoms with van der Waals surface area (Å²) in [6, 6.07) is 23.7. The smallest absolute Gasteiger partial charge is 0.343 e. The number of nitrogens with zero attached hydrogens (tertiary/aromatic N) is 1. The van der Waals surface area contributed by atoms with E-state index in [-0.39, 0.29) is 5.57 Å². The van der Waals surface area contributed by atoms with Crippen LogP contribution in [0.1, 0.15) is 15.9 Å². The van der Waals surface area contributed by atoms with Crippen molar-refractivity contribution in [2.24, 2.45) is 0 Å². The standard InChI is InChI=1S/C23H15ClN2O3/c24-19-6-4-5-17(14-19)23(28)29-21-11-9-16(10-12-21)13-18(15-25)22(27)26-20-7-2-1-3-8-20/h1-14H,(H,26,27)/b18-13+. The first kappa shape index (κ1) is 19.9. The van der Waals surface area contributed by atoms with Crippen molar-refractivity contribution in [2.75, 3.05) is 5.32 Å². The van der Waals surface area contributed by atoms with Crippen LogP contribution in [0.2, 0.25) is 5.02 Å². The number of ether oxygens (including phenoxy) is 1. The van der Waals surface area contributed by atoms with E-state index in [1.807, 2.05) is 12.1 Å². The molecule has 0 aliphatic rings. The van der Waals surface area contributed by atoms with Crippen molar-refractivity contribution < 1.29 is 14.3 Å². The summed E-state index contributed by atoms with van der Waals surface area (Å²) in [4.78, 5) is 24.4. The first-order chi connectivity index (χ1) is 14.0. The molecule has 0 aliphatic heterocycles. The summed E-state index contributed by atoms with van der Waals surface area (Å²) in [6.45, 7) is 0. The average Bonchev–Trinajstić information content (AvgIpc) is 2.73. The zero-order valence-corrected chi connectivity index (χ0v) is 15.9. The Labute approximate surface area is 172 Å². The first-order valence-electron chi connectivity index (χ1n) is 8.61. The number of hydrogen-bond acceptors (Lipinski definition) is 4. The van der Waals surface area contributed by atoms with E-state index in [1.165, 1.54) is 12.1 Å². The highest BCUT2D eigenvalue weighted by Crippen LogP contribution is 2.18. The maximum absolute atomic E-state index is 12.3. The van der Waals surface area contributed by atoms with Gasteiger partial charge in [-0.15, -0.1) is 0 Å². The summed E-state index contributed by atoms with van der Waals surface area (Å²) in [5, 5.41) is 12.4. The minimum Gasteiger partial charge on any atom is -0.423 e. The molecule has 5 nitrogen and oxygen atoms in total. The van der Waals surface area contributed by atoms with Gasteiger partial charge in [0, 0.05) is 10.7 Å². The van der Waals surface area contributed by atoms with Crippen molar-refractivity contribution in [3.05, 3.63) is 101 Å². The topological polar surface area (TPSA) is 79.2 Å². The zero-order valence-electron chi connectivity index (χ0n) is 15.1. The van der Waals surface area contributed by atoms with Gasteiger partial charge in [0.1, 0.15) is 17.4 Å². The number of anilines is 1. The maximum atomic E-state index is 12.3. The Bertz CT molecular complexity index is 1100. The zero-order chi connectivity index (χ0) is 20.6. The van der Waals surface area contributed by atoms with Gasteiger partial charge < -0.3 is 10.1 Å². The van der Waals surface area contributed by atoms with Gasteiger partial charge in [-0.1, -0.05) is 48.0 Å². The van der Waals surface area contributed by atoms with Crippen molar-refractivity contribution in [3.63, 3.8) is 0 Å². The van der Waals surface area contributed by atoms with Crippen LogP contribution in [0.15, 0.2) is 84.4 Å². The molecule has 0 aliphatic carbocycles. The molecule has 1 amide bonds. The fourth-order valence-corrected chi connectivity index (χ4v) is 2.64. The van der Waals surface area contributed by atoms with Crippen LogP contribution < -0.4 is 10.1 Å². The van der Waals surface area contributed by atoms with Gasteiger partial charge in [0.25, 0.3) is 5.91 Å². The number of carbonyl (C=O) groups excluding carboxylic acids is 2. The van der Waals surface area contributed by atoms with E-state index in [4.69, 9.17) is 16.3 Å². The highest BCUT2D eigenvalue weighted by atomic mass is 35.5. The molecular formula is C23H15ClN2O3. The molecule has 0 saturated carbocycles. The Morgan fingerprint density at radius 3 is 2.34 bits per heavy atom. The Morgan fingerprint density at radius 2 is 1.69 bits per heavy atom. The van der Waals surface area contributed by atoms with Gasteiger partial charge in [-0.05, 0) is 54.1 Å². The fraction of sp³-hybridized carbons (Fsp3) is 0. The lowest BCUT2D eigenvalue weighted by molar-refractivity contribution is -0.112. The second-order valence-corrected chi connectivity index (χ2v) is 6.40. The molecule has 1 N–H and O–H groups in total. The monoisotopic (exact) mass is 402 g/mol. The molecule has 0 heterocycles. The average molecular weight is 403 g/mol. The number of hydrogen-bond donors (Lipinski definition) is 1. The summed E-state index contributed by atoms with van der Waals surface area (Å²) in [7, 11) is 0. The first-order valence-corrected chi connectivity index (χ1v) is 8.99. The predicted molar refractivity (Wildman–Crippen MR) is 112 cm³/mol. The van der Waals surface area contributed by atoms with Crippen LogP contribution in [-0.4, -0.2) is 11.9 Å². The number of carbonyl (C=O) groups is 2. The van der Waals surface area contributed by atoms with E-state index in [0.29, 0.717) is 27.6 Å². The summed E-state index contributed by atoms with van der Waals surface area (Å²) in [5.41, 5.74) is 1.51. The van der Waals surface area contributed by atoms with Gasteiger partial charge in [-0.25, -0.2) is 4.79 Å². The van der Waals surface area contributed by atoms with Gasteiger partial charge in [0.15, 0.2) is 0 Å². The van der Waals surface area contributed by atoms with Crippen molar-refractivity contribution in [1.82, 2.24) is 0 Å². The lowest BCUT2D eigenvalue weighted by atomic mass is 10.1. The van der Waals surface area contributed by atoms with Crippen LogP contribution >= 0.6 is 11.6 Å². The molecule has 142 valence electrons. The number of para-hydroxylation sites is 1. The quantitative estimate of drug-likeness (QED) is 0.278. The number of amides is 1. The van der Waals surface area contributed by atoms with E-state index >= 15 is 0 Å². The molecule has 0 unspecified atom stereocenters. The summed E-state index contributed by atoms with van der Waals surface area (Å²) in [6.07, 6.45) is 1.46. The van der Waals surface area contributed by atoms with Crippen molar-refractivity contribution >= 4 is 35.2 Å². The number of nitrogens with one attached hydrogen (secondary N) is 1. The van der Waals surface area contributed by atoms with Gasteiger partial charge in [0.05, 0.1) is 5.56 Å². The minimum atomic E-state index is -0.532. The van der Waals surface area contributed by atoms with Crippen LogP contribution in [0.3, 0.4) is 0 Å². The maximum Gasteiger partial charge on any atom is 0.343 e. The van der Waals surface area contributed by atoms with E-state index < -0.39 is 11.9 Å². The lowest BCUT2D eigenvalue weighted by Gasteiger charge is -2.06. The molecule has 29 heavy (non-hydrogen) atoms. The molecule has 0 spiro atoms. The normalized spacial score (nSPS) is 10.7. The fourth-order valence-electron chi connectivity index (χ4n) is 2.45. The molecule has 3 rings (SSSR count). The number of halogens is 1. The van der Waals surface area contributed by atoms with Crippen LogP contribution in [0, 0.1) is 11.3 Å². The Morgan fingerprint density at radius 1 is 0.966 bits per heavy atom. The Hall–Kier alpha value is -3.88. The summed E-state index contributed by atoms with van der Waals surface area (Å²) >= 11 is 5.88. The van der Waals surface area contributed by atoms with Crippen LogP contribution in [-0.2, 0) is 4.79 Å². The third kappa shape index (κ3) is 5.55. The number of benzene rings is 3. The van der Waals surface area contributed by atoms with Crippen LogP contribution in [0.25, 0.3) is 6.08 Å². The van der Waals surface area contributed by atoms with Crippen LogP contribution in [0.5, 0.6) is 5.75 Å². The second kappa shape index (κ2) is 9.36. The molecule has 0 fully saturated rings.